The predicted molar refractivity (Wildman–Crippen MR) is 103 cm³/mol. The van der Waals surface area contributed by atoms with Gasteiger partial charge in [-0.3, -0.25) is 9.59 Å². The number of hydrogen-bond donors (Lipinski definition) is 2. The SMILES string of the molecule is C[C@@H](OC(=O)c1ccc(NC(=O)c2ccco2)cc1)C(=O)Nc1ccc(F)c(F)c1. The Morgan fingerprint density at radius 1 is 0.933 bits per heavy atom. The van der Waals surface area contributed by atoms with E-state index in [1.165, 1.54) is 49.6 Å². The van der Waals surface area contributed by atoms with Gasteiger partial charge in [-0.15, -0.1) is 0 Å². The number of rotatable bonds is 6. The molecule has 3 aromatic rings. The van der Waals surface area contributed by atoms with Crippen LogP contribution >= 0.6 is 0 Å². The molecule has 3 rings (SSSR count). The topological polar surface area (TPSA) is 97.6 Å². The van der Waals surface area contributed by atoms with Crippen LogP contribution in [0.4, 0.5) is 20.2 Å². The van der Waals surface area contributed by atoms with Crippen molar-refractivity contribution < 1.29 is 32.3 Å². The van der Waals surface area contributed by atoms with Crippen LogP contribution in [0.1, 0.15) is 27.8 Å². The van der Waals surface area contributed by atoms with Gasteiger partial charge in [-0.05, 0) is 55.5 Å². The number of nitrogens with one attached hydrogen (secondary N) is 2. The first-order valence-corrected chi connectivity index (χ1v) is 8.75. The van der Waals surface area contributed by atoms with Crippen LogP contribution in [0.2, 0.25) is 0 Å². The highest BCUT2D eigenvalue weighted by atomic mass is 19.2. The molecule has 0 aliphatic carbocycles. The van der Waals surface area contributed by atoms with E-state index >= 15 is 0 Å². The Balaban J connectivity index is 1.56. The third kappa shape index (κ3) is 5.07. The molecule has 0 unspecified atom stereocenters. The number of benzene rings is 2. The van der Waals surface area contributed by atoms with Gasteiger partial charge in [0.2, 0.25) is 0 Å². The minimum atomic E-state index is -1.19. The van der Waals surface area contributed by atoms with E-state index in [1.807, 2.05) is 0 Å². The van der Waals surface area contributed by atoms with Gasteiger partial charge in [0, 0.05) is 17.4 Å². The smallest absolute Gasteiger partial charge is 0.338 e. The molecule has 2 amide bonds. The summed E-state index contributed by atoms with van der Waals surface area (Å²) in [5.74, 6) is -3.95. The van der Waals surface area contributed by atoms with E-state index in [1.54, 1.807) is 6.07 Å². The number of esters is 1. The molecule has 0 saturated carbocycles. The Hall–Kier alpha value is -4.01. The number of hydrogen-bond acceptors (Lipinski definition) is 5. The second kappa shape index (κ2) is 8.99. The highest BCUT2D eigenvalue weighted by molar-refractivity contribution is 6.02. The van der Waals surface area contributed by atoms with Crippen LogP contribution in [0, 0.1) is 11.6 Å². The lowest BCUT2D eigenvalue weighted by atomic mass is 10.2. The van der Waals surface area contributed by atoms with E-state index in [9.17, 15) is 23.2 Å². The van der Waals surface area contributed by atoms with Crippen molar-refractivity contribution in [2.75, 3.05) is 10.6 Å². The number of furan rings is 1. The van der Waals surface area contributed by atoms with Gasteiger partial charge >= 0.3 is 5.97 Å². The number of carbonyl (C=O) groups excluding carboxylic acids is 3. The zero-order valence-corrected chi connectivity index (χ0v) is 15.6. The second-order valence-electron chi connectivity index (χ2n) is 6.17. The van der Waals surface area contributed by atoms with Crippen molar-refractivity contribution in [3.63, 3.8) is 0 Å². The first-order valence-electron chi connectivity index (χ1n) is 8.75. The molecule has 0 radical (unpaired) electrons. The summed E-state index contributed by atoms with van der Waals surface area (Å²) in [6.45, 7) is 1.34. The summed E-state index contributed by atoms with van der Waals surface area (Å²) in [5.41, 5.74) is 0.606. The van der Waals surface area contributed by atoms with Crippen LogP contribution < -0.4 is 10.6 Å². The van der Waals surface area contributed by atoms with Gasteiger partial charge in [-0.25, -0.2) is 13.6 Å². The average molecular weight is 414 g/mol. The van der Waals surface area contributed by atoms with Crippen molar-refractivity contribution in [3.8, 4) is 0 Å². The Morgan fingerprint density at radius 3 is 2.27 bits per heavy atom. The third-order valence-corrected chi connectivity index (χ3v) is 3.96. The van der Waals surface area contributed by atoms with Gasteiger partial charge in [0.1, 0.15) is 0 Å². The molecule has 1 heterocycles. The molecule has 0 aliphatic rings. The molecule has 7 nitrogen and oxygen atoms in total. The van der Waals surface area contributed by atoms with Gasteiger partial charge in [0.05, 0.1) is 11.8 Å². The highest BCUT2D eigenvalue weighted by Gasteiger charge is 2.20. The van der Waals surface area contributed by atoms with Crippen LogP contribution in [-0.4, -0.2) is 23.9 Å². The fraction of sp³-hybridized carbons (Fsp3) is 0.0952. The van der Waals surface area contributed by atoms with Crippen LogP contribution in [0.25, 0.3) is 0 Å². The molecule has 9 heteroatoms. The maximum Gasteiger partial charge on any atom is 0.338 e. The third-order valence-electron chi connectivity index (χ3n) is 3.96. The first kappa shape index (κ1) is 20.7. The molecule has 0 aliphatic heterocycles. The van der Waals surface area contributed by atoms with E-state index in [2.05, 4.69) is 10.6 Å². The lowest BCUT2D eigenvalue weighted by Gasteiger charge is -2.14. The average Bonchev–Trinajstić information content (AvgIpc) is 3.26. The van der Waals surface area contributed by atoms with Gasteiger partial charge in [-0.1, -0.05) is 0 Å². The van der Waals surface area contributed by atoms with Crippen molar-refractivity contribution in [2.24, 2.45) is 0 Å². The highest BCUT2D eigenvalue weighted by Crippen LogP contribution is 2.15. The first-order chi connectivity index (χ1) is 14.3. The number of anilines is 2. The molecule has 0 saturated heterocycles. The van der Waals surface area contributed by atoms with Crippen molar-refractivity contribution in [1.82, 2.24) is 0 Å². The number of ether oxygens (including phenoxy) is 1. The van der Waals surface area contributed by atoms with E-state index < -0.39 is 35.5 Å². The molecular weight excluding hydrogens is 398 g/mol. The Labute approximate surface area is 169 Å². The zero-order chi connectivity index (χ0) is 21.7. The van der Waals surface area contributed by atoms with Crippen molar-refractivity contribution in [1.29, 1.82) is 0 Å². The van der Waals surface area contributed by atoms with Crippen molar-refractivity contribution in [2.45, 2.75) is 13.0 Å². The Bertz CT molecular complexity index is 1070. The van der Waals surface area contributed by atoms with Gasteiger partial charge in [-0.2, -0.15) is 0 Å². The van der Waals surface area contributed by atoms with Gasteiger partial charge in [0.25, 0.3) is 11.8 Å². The molecule has 2 aromatic carbocycles. The van der Waals surface area contributed by atoms with Gasteiger partial charge < -0.3 is 19.8 Å². The minimum absolute atomic E-state index is 0.0263. The Morgan fingerprint density at radius 2 is 1.63 bits per heavy atom. The normalized spacial score (nSPS) is 11.4. The maximum atomic E-state index is 13.2. The maximum absolute atomic E-state index is 13.2. The van der Waals surface area contributed by atoms with E-state index in [0.29, 0.717) is 5.69 Å². The molecule has 30 heavy (non-hydrogen) atoms. The standard InChI is InChI=1S/C21H16F2N2O5/c1-12(19(26)25-15-8-9-16(22)17(23)11-15)30-21(28)13-4-6-14(7-5-13)24-20(27)18-3-2-10-29-18/h2-12H,1H3,(H,24,27)(H,25,26)/t12-/m1/s1. The summed E-state index contributed by atoms with van der Waals surface area (Å²) in [4.78, 5) is 36.2. The van der Waals surface area contributed by atoms with Crippen molar-refractivity contribution in [3.05, 3.63) is 83.8 Å². The summed E-state index contributed by atoms with van der Waals surface area (Å²) in [6, 6.07) is 11.8. The number of amides is 2. The fourth-order valence-corrected chi connectivity index (χ4v) is 2.39. The number of carbonyl (C=O) groups is 3. The molecule has 0 fully saturated rings. The van der Waals surface area contributed by atoms with Crippen LogP contribution in [0.15, 0.2) is 65.3 Å². The quantitative estimate of drug-likeness (QED) is 0.595. The fourth-order valence-electron chi connectivity index (χ4n) is 2.39. The predicted octanol–water partition coefficient (Wildman–Crippen LogP) is 3.99. The van der Waals surface area contributed by atoms with Crippen LogP contribution in [0.5, 0.6) is 0 Å². The minimum Gasteiger partial charge on any atom is -0.459 e. The number of halogens is 2. The molecule has 0 spiro atoms. The zero-order valence-electron chi connectivity index (χ0n) is 15.6. The lowest BCUT2D eigenvalue weighted by Crippen LogP contribution is -2.30. The molecule has 154 valence electrons. The van der Waals surface area contributed by atoms with E-state index in [4.69, 9.17) is 9.15 Å². The largest absolute Gasteiger partial charge is 0.459 e. The molecular formula is C21H16F2N2O5. The molecule has 0 bridgehead atoms. The van der Waals surface area contributed by atoms with Crippen LogP contribution in [-0.2, 0) is 9.53 Å². The van der Waals surface area contributed by atoms with E-state index in [0.717, 1.165) is 12.1 Å². The van der Waals surface area contributed by atoms with E-state index in [-0.39, 0.29) is 17.0 Å². The van der Waals surface area contributed by atoms with Gasteiger partial charge in [0.15, 0.2) is 23.5 Å². The summed E-state index contributed by atoms with van der Waals surface area (Å²) >= 11 is 0. The summed E-state index contributed by atoms with van der Waals surface area (Å²) in [6.07, 6.45) is 0.182. The lowest BCUT2D eigenvalue weighted by molar-refractivity contribution is -0.123. The van der Waals surface area contributed by atoms with Crippen LogP contribution in [0.3, 0.4) is 0 Å². The second-order valence-corrected chi connectivity index (χ2v) is 6.17. The monoisotopic (exact) mass is 414 g/mol. The molecule has 1 atom stereocenters. The van der Waals surface area contributed by atoms with Crippen molar-refractivity contribution >= 4 is 29.2 Å². The Kier molecular flexibility index (Phi) is 6.21. The molecule has 2 N–H and O–H groups in total. The summed E-state index contributed by atoms with van der Waals surface area (Å²) in [7, 11) is 0. The molecule has 1 aromatic heterocycles. The summed E-state index contributed by atoms with van der Waals surface area (Å²) in [5, 5.41) is 4.93. The summed E-state index contributed by atoms with van der Waals surface area (Å²) < 4.78 is 36.2.